The standard InChI is InChI=1S/C34H34F4N2O3/c1-42-31-16-14-24(21-33(39)41)20-32(31)43-18-8-17-40(22-25-13-15-30(35)29(19-25)34(36,37)38)23-28(26-9-4-2-5-10-26)27-11-6-3-7-12-27/h2-7,9-16,19-20,28H,8,17-18,21-23H2,1H3,(H2,39,41). The smallest absolute Gasteiger partial charge is 0.419 e. The Morgan fingerprint density at radius 1 is 0.860 bits per heavy atom. The van der Waals surface area contributed by atoms with Crippen LogP contribution in [0.4, 0.5) is 17.6 Å². The number of rotatable bonds is 14. The van der Waals surface area contributed by atoms with Gasteiger partial charge in [-0.25, -0.2) is 4.39 Å². The zero-order valence-electron chi connectivity index (χ0n) is 23.8. The van der Waals surface area contributed by atoms with E-state index in [0.29, 0.717) is 42.1 Å². The highest BCUT2D eigenvalue weighted by molar-refractivity contribution is 5.76. The average molecular weight is 595 g/mol. The number of halogens is 4. The van der Waals surface area contributed by atoms with Gasteiger partial charge in [-0.2, -0.15) is 13.2 Å². The molecule has 0 unspecified atom stereocenters. The molecule has 4 aromatic carbocycles. The van der Waals surface area contributed by atoms with Gasteiger partial charge in [0, 0.05) is 25.6 Å². The Bertz CT molecular complexity index is 1440. The molecular formula is C34H34F4N2O3. The number of amides is 1. The molecule has 4 rings (SSSR count). The van der Waals surface area contributed by atoms with E-state index in [0.717, 1.165) is 23.3 Å². The van der Waals surface area contributed by atoms with Crippen molar-refractivity contribution >= 4 is 5.91 Å². The van der Waals surface area contributed by atoms with Crippen LogP contribution in [-0.4, -0.2) is 37.6 Å². The summed E-state index contributed by atoms with van der Waals surface area (Å²) >= 11 is 0. The van der Waals surface area contributed by atoms with Gasteiger partial charge < -0.3 is 15.2 Å². The number of carbonyl (C=O) groups excluding carboxylic acids is 1. The summed E-state index contributed by atoms with van der Waals surface area (Å²) in [6.07, 6.45) is -4.20. The van der Waals surface area contributed by atoms with Crippen molar-refractivity contribution in [2.45, 2.75) is 31.5 Å². The summed E-state index contributed by atoms with van der Waals surface area (Å²) in [5.74, 6) is -0.851. The van der Waals surface area contributed by atoms with Crippen molar-refractivity contribution in [3.05, 3.63) is 131 Å². The van der Waals surface area contributed by atoms with E-state index in [2.05, 4.69) is 4.90 Å². The molecule has 226 valence electrons. The molecule has 0 aliphatic carbocycles. The summed E-state index contributed by atoms with van der Waals surface area (Å²) in [7, 11) is 1.52. The fraction of sp³-hybridized carbons (Fsp3) is 0.265. The summed E-state index contributed by atoms with van der Waals surface area (Å²) in [5, 5.41) is 0. The third-order valence-corrected chi connectivity index (χ3v) is 7.07. The number of alkyl halides is 3. The van der Waals surface area contributed by atoms with Crippen LogP contribution in [0.5, 0.6) is 11.5 Å². The molecule has 1 amide bonds. The number of primary amides is 1. The Hall–Kier alpha value is -4.37. The molecule has 0 aromatic heterocycles. The minimum absolute atomic E-state index is 0.0589. The Morgan fingerprint density at radius 3 is 2.07 bits per heavy atom. The average Bonchev–Trinajstić information content (AvgIpc) is 2.99. The summed E-state index contributed by atoms with van der Waals surface area (Å²) in [6.45, 7) is 1.45. The first-order valence-corrected chi connectivity index (χ1v) is 13.9. The summed E-state index contributed by atoms with van der Waals surface area (Å²) in [5.41, 5.74) is 7.24. The highest BCUT2D eigenvalue weighted by atomic mass is 19.4. The van der Waals surface area contributed by atoms with Crippen LogP contribution in [0.15, 0.2) is 97.1 Å². The second-order valence-electron chi connectivity index (χ2n) is 10.3. The zero-order valence-corrected chi connectivity index (χ0v) is 23.8. The highest BCUT2D eigenvalue weighted by Gasteiger charge is 2.34. The van der Waals surface area contributed by atoms with Crippen molar-refractivity contribution in [2.75, 3.05) is 26.8 Å². The molecule has 5 nitrogen and oxygen atoms in total. The molecule has 43 heavy (non-hydrogen) atoms. The van der Waals surface area contributed by atoms with Gasteiger partial charge in [-0.15, -0.1) is 0 Å². The fourth-order valence-corrected chi connectivity index (χ4v) is 5.03. The number of hydrogen-bond donors (Lipinski definition) is 1. The highest BCUT2D eigenvalue weighted by Crippen LogP contribution is 2.33. The molecule has 0 saturated carbocycles. The van der Waals surface area contributed by atoms with E-state index in [1.165, 1.54) is 13.2 Å². The number of nitrogens with zero attached hydrogens (tertiary/aromatic N) is 1. The zero-order chi connectivity index (χ0) is 30.8. The molecule has 0 atom stereocenters. The first-order valence-electron chi connectivity index (χ1n) is 13.9. The predicted molar refractivity (Wildman–Crippen MR) is 157 cm³/mol. The van der Waals surface area contributed by atoms with Crippen molar-refractivity contribution in [3.63, 3.8) is 0 Å². The molecule has 0 aliphatic rings. The molecule has 0 spiro atoms. The van der Waals surface area contributed by atoms with E-state index in [-0.39, 0.29) is 25.5 Å². The van der Waals surface area contributed by atoms with Gasteiger partial charge in [-0.05, 0) is 52.9 Å². The maximum absolute atomic E-state index is 14.0. The lowest BCUT2D eigenvalue weighted by atomic mass is 9.90. The Balaban J connectivity index is 1.56. The van der Waals surface area contributed by atoms with Crippen molar-refractivity contribution in [3.8, 4) is 11.5 Å². The Morgan fingerprint density at radius 2 is 1.49 bits per heavy atom. The van der Waals surface area contributed by atoms with Crippen molar-refractivity contribution < 1.29 is 31.8 Å². The second-order valence-corrected chi connectivity index (χ2v) is 10.3. The minimum atomic E-state index is -4.79. The summed E-state index contributed by atoms with van der Waals surface area (Å²) in [4.78, 5) is 13.4. The van der Waals surface area contributed by atoms with Gasteiger partial charge in [0.25, 0.3) is 0 Å². The van der Waals surface area contributed by atoms with Gasteiger partial charge in [0.1, 0.15) is 5.82 Å². The number of hydrogen-bond acceptors (Lipinski definition) is 4. The normalized spacial score (nSPS) is 11.6. The third kappa shape index (κ3) is 9.06. The number of benzene rings is 4. The SMILES string of the molecule is COc1ccc(CC(N)=O)cc1OCCCN(Cc1ccc(F)c(C(F)(F)F)c1)CC(c1ccccc1)c1ccccc1. The topological polar surface area (TPSA) is 64.8 Å². The molecule has 0 radical (unpaired) electrons. The quantitative estimate of drug-likeness (QED) is 0.126. The number of methoxy groups -OCH3 is 1. The van der Waals surface area contributed by atoms with Gasteiger partial charge >= 0.3 is 6.18 Å². The van der Waals surface area contributed by atoms with Crippen LogP contribution < -0.4 is 15.2 Å². The maximum atomic E-state index is 14.0. The largest absolute Gasteiger partial charge is 0.493 e. The van der Waals surface area contributed by atoms with Gasteiger partial charge in [-0.3, -0.25) is 9.69 Å². The number of nitrogens with two attached hydrogens (primary N) is 1. The van der Waals surface area contributed by atoms with Crippen LogP contribution in [0.25, 0.3) is 0 Å². The lowest BCUT2D eigenvalue weighted by Gasteiger charge is -2.29. The maximum Gasteiger partial charge on any atom is 0.419 e. The molecule has 0 fully saturated rings. The van der Waals surface area contributed by atoms with E-state index < -0.39 is 23.5 Å². The third-order valence-electron chi connectivity index (χ3n) is 7.07. The van der Waals surface area contributed by atoms with Gasteiger partial charge in [0.2, 0.25) is 5.91 Å². The number of carbonyl (C=O) groups is 1. The predicted octanol–water partition coefficient (Wildman–Crippen LogP) is 6.98. The molecule has 4 aromatic rings. The van der Waals surface area contributed by atoms with Crippen LogP contribution in [0.1, 0.15) is 40.2 Å². The summed E-state index contributed by atoms with van der Waals surface area (Å²) in [6, 6.07) is 28.1. The van der Waals surface area contributed by atoms with Crippen molar-refractivity contribution in [2.24, 2.45) is 5.73 Å². The minimum Gasteiger partial charge on any atom is -0.493 e. The van der Waals surface area contributed by atoms with Gasteiger partial charge in [-0.1, -0.05) is 72.8 Å². The lowest BCUT2D eigenvalue weighted by Crippen LogP contribution is -2.31. The second kappa shape index (κ2) is 14.7. The summed E-state index contributed by atoms with van der Waals surface area (Å²) < 4.78 is 65.9. The van der Waals surface area contributed by atoms with E-state index >= 15 is 0 Å². The van der Waals surface area contributed by atoms with Crippen LogP contribution >= 0.6 is 0 Å². The molecular weight excluding hydrogens is 560 g/mol. The van der Waals surface area contributed by atoms with Gasteiger partial charge in [0.05, 0.1) is 25.7 Å². The molecule has 0 saturated heterocycles. The van der Waals surface area contributed by atoms with E-state index in [4.69, 9.17) is 15.2 Å². The van der Waals surface area contributed by atoms with Crippen molar-refractivity contribution in [1.29, 1.82) is 0 Å². The van der Waals surface area contributed by atoms with Crippen LogP contribution in [-0.2, 0) is 23.9 Å². The Kier molecular flexibility index (Phi) is 10.8. The first-order chi connectivity index (χ1) is 20.6. The molecule has 0 heterocycles. The van der Waals surface area contributed by atoms with Crippen LogP contribution in [0.2, 0.25) is 0 Å². The first kappa shape index (κ1) is 31.6. The molecule has 9 heteroatoms. The fourth-order valence-electron chi connectivity index (χ4n) is 5.03. The molecule has 2 N–H and O–H groups in total. The van der Waals surface area contributed by atoms with E-state index in [1.54, 1.807) is 18.2 Å². The Labute approximate surface area is 248 Å². The van der Waals surface area contributed by atoms with E-state index in [1.807, 2.05) is 60.7 Å². The molecule has 0 bridgehead atoms. The van der Waals surface area contributed by atoms with E-state index in [9.17, 15) is 22.4 Å². The van der Waals surface area contributed by atoms with Crippen LogP contribution in [0.3, 0.4) is 0 Å². The van der Waals surface area contributed by atoms with Crippen LogP contribution in [0, 0.1) is 5.82 Å². The molecule has 0 aliphatic heterocycles. The van der Waals surface area contributed by atoms with Crippen molar-refractivity contribution in [1.82, 2.24) is 4.90 Å². The lowest BCUT2D eigenvalue weighted by molar-refractivity contribution is -0.140. The monoisotopic (exact) mass is 594 g/mol. The number of ether oxygens (including phenoxy) is 2. The van der Waals surface area contributed by atoms with Gasteiger partial charge in [0.15, 0.2) is 11.5 Å².